The van der Waals surface area contributed by atoms with Crippen molar-refractivity contribution in [3.63, 3.8) is 0 Å². The topological polar surface area (TPSA) is 208 Å². The van der Waals surface area contributed by atoms with Gasteiger partial charge < -0.3 is 35.3 Å². The Hall–Kier alpha value is -3.73. The minimum absolute atomic E-state index is 0.146. The molecule has 0 aliphatic heterocycles. The molecule has 3 aromatic carbocycles. The van der Waals surface area contributed by atoms with Gasteiger partial charge in [-0.05, 0) is 139 Å². The Balaban J connectivity index is 0.000000237. The molecule has 2 aliphatic rings. The summed E-state index contributed by atoms with van der Waals surface area (Å²) in [4.78, 5) is 27.2. The number of carbonyl (C=O) groups excluding carboxylic acids is 2. The maximum absolute atomic E-state index is 12.3. The van der Waals surface area contributed by atoms with E-state index in [1.165, 1.54) is 15.9 Å². The van der Waals surface area contributed by atoms with Crippen molar-refractivity contribution in [1.29, 1.82) is 0 Å². The van der Waals surface area contributed by atoms with Crippen molar-refractivity contribution in [3.8, 4) is 0 Å². The van der Waals surface area contributed by atoms with Gasteiger partial charge in [0.25, 0.3) is 0 Å². The Morgan fingerprint density at radius 3 is 1.36 bits per heavy atom. The first-order valence-electron chi connectivity index (χ1n) is 20.7. The third kappa shape index (κ3) is 16.0. The minimum Gasteiger partial charge on any atom is -0.460 e. The molecule has 0 heterocycles. The average molecular weight is 831 g/mol. The van der Waals surface area contributed by atoms with E-state index in [0.717, 1.165) is 32.1 Å². The van der Waals surface area contributed by atoms with Gasteiger partial charge in [-0.2, -0.15) is 0 Å². The number of hydrogen-bond acceptors (Lipinski definition) is 10. The lowest BCUT2D eigenvalue weighted by Crippen LogP contribution is -2.51. The number of nitrogens with zero attached hydrogens (tertiary/aromatic N) is 3. The molecule has 0 spiro atoms. The SMILES string of the molecule is CC(C)(C)OC(=O)[C@H]1CC[C@@]1(CN)CCCB(O)O.CC(C)(C)OC(=O)[C@H]1CC[C@]1(CCCB(O)O)CN=[N+]=[N-].c1ccc(P(c2ccccc2)c2ccccc2)cc1. The molecule has 0 aromatic heterocycles. The summed E-state index contributed by atoms with van der Waals surface area (Å²) in [5.41, 5.74) is 12.7. The Labute approximate surface area is 353 Å². The molecule has 12 nitrogen and oxygen atoms in total. The van der Waals surface area contributed by atoms with Crippen LogP contribution in [-0.4, -0.2) is 70.6 Å². The van der Waals surface area contributed by atoms with Gasteiger partial charge in [0.15, 0.2) is 0 Å². The molecule has 59 heavy (non-hydrogen) atoms. The summed E-state index contributed by atoms with van der Waals surface area (Å²) in [5, 5.41) is 43.4. The van der Waals surface area contributed by atoms with E-state index in [4.69, 9.17) is 40.8 Å². The lowest BCUT2D eigenvalue weighted by atomic mass is 9.57. The van der Waals surface area contributed by atoms with Crippen LogP contribution in [0.1, 0.15) is 92.9 Å². The van der Waals surface area contributed by atoms with Crippen LogP contribution in [0, 0.1) is 22.7 Å². The first-order chi connectivity index (χ1) is 27.8. The van der Waals surface area contributed by atoms with E-state index < -0.39 is 38.8 Å². The number of benzene rings is 3. The van der Waals surface area contributed by atoms with Crippen molar-refractivity contribution < 1.29 is 39.2 Å². The third-order valence-corrected chi connectivity index (χ3v) is 13.3. The molecule has 0 unspecified atom stereocenters. The standard InChI is InChI=1S/C18H15P.C13H24BN3O4.C13H26BNO4/c1-4-10-16(11-5-1)19(17-12-6-2-7-13-17)18-14-8-3-9-15-18;1-12(2,3)21-11(18)10-5-7-13(10,9-16-17-15)6-4-8-14(19)20;1-12(2,3)19-11(16)10-5-7-13(10,9-15)6-4-8-14(17)18/h1-15H;10,19-20H,4-9H2,1-3H3;10,17-18H,4-9,15H2,1-3H3/t;2*10-,13-/m.11/s1. The second-order valence-electron chi connectivity index (χ2n) is 17.7. The van der Waals surface area contributed by atoms with Gasteiger partial charge in [0, 0.05) is 11.5 Å². The highest BCUT2D eigenvalue weighted by Crippen LogP contribution is 2.52. The predicted molar refractivity (Wildman–Crippen MR) is 239 cm³/mol. The van der Waals surface area contributed by atoms with Gasteiger partial charge in [-0.15, -0.1) is 0 Å². The molecule has 5 rings (SSSR count). The fourth-order valence-electron chi connectivity index (χ4n) is 7.71. The van der Waals surface area contributed by atoms with Gasteiger partial charge in [-0.1, -0.05) is 109 Å². The number of nitrogens with two attached hydrogens (primary N) is 1. The Morgan fingerprint density at radius 2 is 1.07 bits per heavy atom. The Morgan fingerprint density at radius 1 is 0.712 bits per heavy atom. The van der Waals surface area contributed by atoms with Crippen LogP contribution in [0.5, 0.6) is 0 Å². The van der Waals surface area contributed by atoms with Crippen LogP contribution in [0.3, 0.4) is 0 Å². The van der Waals surface area contributed by atoms with Gasteiger partial charge in [0.05, 0.1) is 11.8 Å². The van der Waals surface area contributed by atoms with E-state index in [9.17, 15) is 9.59 Å². The highest BCUT2D eigenvalue weighted by molar-refractivity contribution is 7.79. The lowest BCUT2D eigenvalue weighted by Gasteiger charge is -2.48. The zero-order valence-corrected chi connectivity index (χ0v) is 36.6. The number of carbonyl (C=O) groups is 2. The molecule has 2 aliphatic carbocycles. The van der Waals surface area contributed by atoms with E-state index >= 15 is 0 Å². The summed E-state index contributed by atoms with van der Waals surface area (Å²) in [6, 6.07) is 32.3. The van der Waals surface area contributed by atoms with Gasteiger partial charge in [-0.3, -0.25) is 9.59 Å². The summed E-state index contributed by atoms with van der Waals surface area (Å²) >= 11 is 0. The van der Waals surface area contributed by atoms with E-state index in [0.29, 0.717) is 32.1 Å². The van der Waals surface area contributed by atoms with Crippen molar-refractivity contribution in [1.82, 2.24) is 0 Å². The van der Waals surface area contributed by atoms with Crippen molar-refractivity contribution >= 4 is 50.0 Å². The fraction of sp³-hybridized carbons (Fsp3) is 0.545. The maximum Gasteiger partial charge on any atom is 0.451 e. The quantitative estimate of drug-likeness (QED) is 0.0261. The first kappa shape index (κ1) is 49.6. The summed E-state index contributed by atoms with van der Waals surface area (Å²) in [7, 11) is -3.07. The molecule has 2 saturated carbocycles. The highest BCUT2D eigenvalue weighted by atomic mass is 31.1. The second kappa shape index (κ2) is 23.3. The van der Waals surface area contributed by atoms with Gasteiger partial charge in [-0.25, -0.2) is 0 Å². The molecule has 320 valence electrons. The number of azide groups is 1. The van der Waals surface area contributed by atoms with Crippen LogP contribution in [0.25, 0.3) is 10.4 Å². The fourth-order valence-corrected chi connectivity index (χ4v) is 10.0. The van der Waals surface area contributed by atoms with Crippen molar-refractivity contribution in [3.05, 3.63) is 101 Å². The molecule has 15 heteroatoms. The van der Waals surface area contributed by atoms with Crippen molar-refractivity contribution in [2.24, 2.45) is 33.5 Å². The van der Waals surface area contributed by atoms with E-state index in [1.807, 2.05) is 41.5 Å². The van der Waals surface area contributed by atoms with Gasteiger partial charge in [0.1, 0.15) is 11.2 Å². The minimum atomic E-state index is -1.35. The van der Waals surface area contributed by atoms with E-state index in [-0.39, 0.29) is 42.1 Å². The zero-order valence-electron chi connectivity index (χ0n) is 35.7. The van der Waals surface area contributed by atoms with Crippen LogP contribution in [0.15, 0.2) is 96.1 Å². The molecule has 4 atom stereocenters. The molecule has 2 fully saturated rings. The summed E-state index contributed by atoms with van der Waals surface area (Å²) < 4.78 is 10.9. The maximum atomic E-state index is 12.3. The predicted octanol–water partition coefficient (Wildman–Crippen LogP) is 6.67. The molecular weight excluding hydrogens is 765 g/mol. The van der Waals surface area contributed by atoms with Crippen LogP contribution < -0.4 is 21.6 Å². The van der Waals surface area contributed by atoms with E-state index in [1.54, 1.807) is 0 Å². The van der Waals surface area contributed by atoms with Crippen molar-refractivity contribution in [2.75, 3.05) is 13.1 Å². The molecule has 0 saturated heterocycles. The smallest absolute Gasteiger partial charge is 0.451 e. The molecule has 0 amide bonds. The van der Waals surface area contributed by atoms with Crippen LogP contribution in [-0.2, 0) is 19.1 Å². The van der Waals surface area contributed by atoms with Gasteiger partial charge in [0.2, 0.25) is 0 Å². The van der Waals surface area contributed by atoms with Crippen LogP contribution in [0.4, 0.5) is 0 Å². The largest absolute Gasteiger partial charge is 0.460 e. The Bertz CT molecular complexity index is 1660. The first-order valence-corrected chi connectivity index (χ1v) is 22.0. The number of rotatable bonds is 16. The van der Waals surface area contributed by atoms with Crippen LogP contribution in [0.2, 0.25) is 12.6 Å². The van der Waals surface area contributed by atoms with Crippen LogP contribution >= 0.6 is 7.92 Å². The molecule has 0 bridgehead atoms. The van der Waals surface area contributed by atoms with Crippen molar-refractivity contribution in [2.45, 2.75) is 117 Å². The normalized spacial score (nSPS) is 20.8. The molecule has 3 aromatic rings. The molecule has 0 radical (unpaired) electrons. The average Bonchev–Trinajstić information content (AvgIpc) is 3.14. The summed E-state index contributed by atoms with van der Waals surface area (Å²) in [6.45, 7) is 11.7. The zero-order chi connectivity index (χ0) is 43.7. The molecular formula is C44H65B2N4O8P. The summed E-state index contributed by atoms with van der Waals surface area (Å²) in [5.74, 6) is -0.856. The summed E-state index contributed by atoms with van der Waals surface area (Å²) in [6.07, 6.45) is 6.39. The highest BCUT2D eigenvalue weighted by Gasteiger charge is 2.52. The number of hydrogen-bond donors (Lipinski definition) is 5. The number of esters is 2. The molecule has 6 N–H and O–H groups in total. The third-order valence-electron chi connectivity index (χ3n) is 10.9. The van der Waals surface area contributed by atoms with E-state index in [2.05, 4.69) is 101 Å². The Kier molecular flexibility index (Phi) is 19.6. The lowest BCUT2D eigenvalue weighted by molar-refractivity contribution is -0.174. The number of ether oxygens (including phenoxy) is 2. The monoisotopic (exact) mass is 830 g/mol. The second-order valence-corrected chi connectivity index (χ2v) is 19.9. The van der Waals surface area contributed by atoms with Gasteiger partial charge >= 0.3 is 26.2 Å².